The molecule has 0 aliphatic heterocycles. The van der Waals surface area contributed by atoms with Gasteiger partial charge in [-0.25, -0.2) is 4.79 Å². The lowest BCUT2D eigenvalue weighted by molar-refractivity contribution is 0.0529. The molecule has 0 saturated carbocycles. The molecule has 0 amide bonds. The molecule has 0 saturated heterocycles. The predicted octanol–water partition coefficient (Wildman–Crippen LogP) is 19.9. The van der Waals surface area contributed by atoms with Crippen LogP contribution >= 0.6 is 0 Å². The summed E-state index contributed by atoms with van der Waals surface area (Å²) in [6.45, 7) is 5.63. The summed E-state index contributed by atoms with van der Waals surface area (Å²) in [5.41, 5.74) is 0. The SMILES string of the molecule is CCCCCCCCCCCCCCCCCCCCCCCCCCOC(=O)OCCCCCCCCCCCCCCCCCCCCCCCCCC. The van der Waals surface area contributed by atoms with Crippen molar-refractivity contribution in [2.45, 2.75) is 322 Å². The van der Waals surface area contributed by atoms with Gasteiger partial charge in [0, 0.05) is 0 Å². The van der Waals surface area contributed by atoms with Gasteiger partial charge in [-0.05, 0) is 12.8 Å². The molecule has 0 aliphatic rings. The van der Waals surface area contributed by atoms with Crippen LogP contribution in [0.2, 0.25) is 0 Å². The van der Waals surface area contributed by atoms with Gasteiger partial charge in [-0.15, -0.1) is 0 Å². The van der Waals surface area contributed by atoms with Crippen molar-refractivity contribution in [2.75, 3.05) is 13.2 Å². The summed E-state index contributed by atoms with van der Waals surface area (Å²) < 4.78 is 10.6. The van der Waals surface area contributed by atoms with Crippen molar-refractivity contribution in [3.63, 3.8) is 0 Å². The molecule has 0 spiro atoms. The van der Waals surface area contributed by atoms with Gasteiger partial charge in [0.15, 0.2) is 0 Å². The Bertz CT molecular complexity index is 636. The number of unbranched alkanes of at least 4 members (excludes halogenated alkanes) is 46. The van der Waals surface area contributed by atoms with Crippen LogP contribution in [-0.2, 0) is 9.47 Å². The summed E-state index contributed by atoms with van der Waals surface area (Å²) in [4.78, 5) is 11.9. The average Bonchev–Trinajstić information content (AvgIpc) is 3.20. The van der Waals surface area contributed by atoms with Crippen molar-refractivity contribution in [2.24, 2.45) is 0 Å². The molecule has 0 rings (SSSR count). The van der Waals surface area contributed by atoms with Gasteiger partial charge in [-0.3, -0.25) is 0 Å². The molecule has 0 heterocycles. The molecular formula is C53H106O3. The van der Waals surface area contributed by atoms with Crippen LogP contribution in [-0.4, -0.2) is 19.4 Å². The highest BCUT2D eigenvalue weighted by molar-refractivity contribution is 5.59. The van der Waals surface area contributed by atoms with Gasteiger partial charge in [-0.1, -0.05) is 309 Å². The summed E-state index contributed by atoms with van der Waals surface area (Å²) >= 11 is 0. The molecule has 336 valence electrons. The highest BCUT2D eigenvalue weighted by Gasteiger charge is 2.04. The largest absolute Gasteiger partial charge is 0.508 e. The second-order valence-corrected chi connectivity index (χ2v) is 18.2. The van der Waals surface area contributed by atoms with E-state index in [1.807, 2.05) is 0 Å². The Morgan fingerprint density at radius 2 is 0.339 bits per heavy atom. The van der Waals surface area contributed by atoms with Gasteiger partial charge in [-0.2, -0.15) is 0 Å². The van der Waals surface area contributed by atoms with Crippen molar-refractivity contribution in [1.29, 1.82) is 0 Å². The Kier molecular flexibility index (Phi) is 51.6. The van der Waals surface area contributed by atoms with Crippen LogP contribution in [0.4, 0.5) is 4.79 Å². The molecule has 0 aromatic heterocycles. The minimum Gasteiger partial charge on any atom is -0.434 e. The third-order valence-corrected chi connectivity index (χ3v) is 12.4. The fraction of sp³-hybridized carbons (Fsp3) is 0.981. The third kappa shape index (κ3) is 51.3. The number of rotatable bonds is 50. The van der Waals surface area contributed by atoms with E-state index in [2.05, 4.69) is 13.8 Å². The molecule has 0 unspecified atom stereocenters. The van der Waals surface area contributed by atoms with Crippen molar-refractivity contribution in [3.05, 3.63) is 0 Å². The maximum absolute atomic E-state index is 11.9. The Labute approximate surface area is 354 Å². The monoisotopic (exact) mass is 791 g/mol. The van der Waals surface area contributed by atoms with Gasteiger partial charge in [0.1, 0.15) is 0 Å². The first-order valence-electron chi connectivity index (χ1n) is 26.6. The molecule has 3 nitrogen and oxygen atoms in total. The molecule has 0 N–H and O–H groups in total. The number of carbonyl (C=O) groups is 1. The van der Waals surface area contributed by atoms with E-state index in [1.165, 1.54) is 283 Å². The fourth-order valence-corrected chi connectivity index (χ4v) is 8.48. The van der Waals surface area contributed by atoms with Gasteiger partial charge in [0.25, 0.3) is 0 Å². The van der Waals surface area contributed by atoms with E-state index >= 15 is 0 Å². The van der Waals surface area contributed by atoms with E-state index in [1.54, 1.807) is 0 Å². The second-order valence-electron chi connectivity index (χ2n) is 18.2. The first-order chi connectivity index (χ1) is 27.8. The van der Waals surface area contributed by atoms with Crippen molar-refractivity contribution >= 4 is 6.16 Å². The second kappa shape index (κ2) is 52.3. The molecule has 56 heavy (non-hydrogen) atoms. The Morgan fingerprint density at radius 3 is 0.482 bits per heavy atom. The molecule has 0 aromatic rings. The molecule has 0 bridgehead atoms. The molecule has 3 heteroatoms. The zero-order valence-electron chi connectivity index (χ0n) is 39.1. The van der Waals surface area contributed by atoms with Gasteiger partial charge in [0.2, 0.25) is 0 Å². The Balaban J connectivity index is 3.14. The van der Waals surface area contributed by atoms with E-state index in [0.717, 1.165) is 25.7 Å². The van der Waals surface area contributed by atoms with E-state index < -0.39 is 6.16 Å². The van der Waals surface area contributed by atoms with Crippen molar-refractivity contribution in [3.8, 4) is 0 Å². The minimum absolute atomic E-state index is 0.465. The van der Waals surface area contributed by atoms with Gasteiger partial charge >= 0.3 is 6.16 Å². The Hall–Kier alpha value is -0.730. The summed E-state index contributed by atoms with van der Waals surface area (Å²) in [7, 11) is 0. The predicted molar refractivity (Wildman–Crippen MR) is 250 cm³/mol. The maximum atomic E-state index is 11.9. The first-order valence-corrected chi connectivity index (χ1v) is 26.6. The zero-order valence-corrected chi connectivity index (χ0v) is 39.1. The average molecular weight is 791 g/mol. The summed E-state index contributed by atoms with van der Waals surface area (Å²) in [6.07, 6.45) is 66.6. The minimum atomic E-state index is -0.465. The van der Waals surface area contributed by atoms with Crippen molar-refractivity contribution in [1.82, 2.24) is 0 Å². The van der Waals surface area contributed by atoms with Crippen LogP contribution in [0.15, 0.2) is 0 Å². The molecular weight excluding hydrogens is 685 g/mol. The lowest BCUT2D eigenvalue weighted by Crippen LogP contribution is -2.09. The lowest BCUT2D eigenvalue weighted by atomic mass is 10.0. The molecule has 0 aromatic carbocycles. The van der Waals surface area contributed by atoms with Crippen LogP contribution in [0.1, 0.15) is 322 Å². The topological polar surface area (TPSA) is 35.5 Å². The lowest BCUT2D eigenvalue weighted by Gasteiger charge is -2.07. The van der Waals surface area contributed by atoms with E-state index in [4.69, 9.17) is 9.47 Å². The molecule has 0 aliphatic carbocycles. The first kappa shape index (κ1) is 55.3. The number of hydrogen-bond donors (Lipinski definition) is 0. The van der Waals surface area contributed by atoms with Crippen LogP contribution in [0.3, 0.4) is 0 Å². The highest BCUT2D eigenvalue weighted by atomic mass is 16.7. The zero-order chi connectivity index (χ0) is 40.3. The molecule has 0 fully saturated rings. The van der Waals surface area contributed by atoms with Crippen LogP contribution in [0, 0.1) is 0 Å². The molecule has 0 atom stereocenters. The number of hydrogen-bond acceptors (Lipinski definition) is 3. The van der Waals surface area contributed by atoms with E-state index in [0.29, 0.717) is 13.2 Å². The highest BCUT2D eigenvalue weighted by Crippen LogP contribution is 2.18. The number of ether oxygens (including phenoxy) is 2. The normalized spacial score (nSPS) is 11.5. The van der Waals surface area contributed by atoms with E-state index in [9.17, 15) is 4.79 Å². The Morgan fingerprint density at radius 1 is 0.214 bits per heavy atom. The van der Waals surface area contributed by atoms with Crippen molar-refractivity contribution < 1.29 is 14.3 Å². The van der Waals surface area contributed by atoms with Gasteiger partial charge < -0.3 is 9.47 Å². The maximum Gasteiger partial charge on any atom is 0.508 e. The van der Waals surface area contributed by atoms with Crippen LogP contribution in [0.25, 0.3) is 0 Å². The third-order valence-electron chi connectivity index (χ3n) is 12.4. The van der Waals surface area contributed by atoms with Crippen LogP contribution in [0.5, 0.6) is 0 Å². The summed E-state index contributed by atoms with van der Waals surface area (Å²) in [6, 6.07) is 0. The van der Waals surface area contributed by atoms with Gasteiger partial charge in [0.05, 0.1) is 13.2 Å². The quantitative estimate of drug-likeness (QED) is 0.0455. The summed E-state index contributed by atoms with van der Waals surface area (Å²) in [5.74, 6) is 0. The smallest absolute Gasteiger partial charge is 0.434 e. The number of carbonyl (C=O) groups excluding carboxylic acids is 1. The summed E-state index contributed by atoms with van der Waals surface area (Å²) in [5, 5.41) is 0. The standard InChI is InChI=1S/C53H106O3/c1-3-5-7-9-11-13-15-17-19-21-23-25-27-29-31-33-35-37-39-41-43-45-47-49-51-55-53(54)56-52-50-48-46-44-42-40-38-36-34-32-30-28-26-24-22-20-18-16-14-12-10-8-6-4-2/h3-52H2,1-2H3. The van der Waals surface area contributed by atoms with E-state index in [-0.39, 0.29) is 0 Å². The molecule has 0 radical (unpaired) electrons. The van der Waals surface area contributed by atoms with Crippen LogP contribution < -0.4 is 0 Å². The fourth-order valence-electron chi connectivity index (χ4n) is 8.48.